The molecule has 1 heterocycles. The number of carbonyl (C=O) groups excluding carboxylic acids is 1. The molecule has 3 aromatic rings. The Labute approximate surface area is 205 Å². The Morgan fingerprint density at radius 1 is 1.09 bits per heavy atom. The number of amides is 1. The number of nitrogens with zero attached hydrogens (tertiary/aromatic N) is 3. The van der Waals surface area contributed by atoms with E-state index in [9.17, 15) is 17.6 Å². The van der Waals surface area contributed by atoms with Crippen LogP contribution >= 0.6 is 0 Å². The molecule has 1 amide bonds. The summed E-state index contributed by atoms with van der Waals surface area (Å²) in [6.45, 7) is 1.95. The van der Waals surface area contributed by atoms with Gasteiger partial charge in [0.25, 0.3) is 0 Å². The molecule has 0 aliphatic carbocycles. The van der Waals surface area contributed by atoms with Gasteiger partial charge >= 0.3 is 0 Å². The van der Waals surface area contributed by atoms with Crippen LogP contribution in [0, 0.1) is 5.82 Å². The molecule has 0 bridgehead atoms. The van der Waals surface area contributed by atoms with Gasteiger partial charge in [-0.05, 0) is 48.9 Å². The number of methoxy groups -OCH3 is 1. The lowest BCUT2D eigenvalue weighted by Crippen LogP contribution is -2.24. The number of anilines is 1. The average Bonchev–Trinajstić information content (AvgIpc) is 2.83. The largest absolute Gasteiger partial charge is 0.383 e. The summed E-state index contributed by atoms with van der Waals surface area (Å²) in [4.78, 5) is 24.2. The van der Waals surface area contributed by atoms with Crippen LogP contribution in [-0.2, 0) is 32.3 Å². The Kier molecular flexibility index (Phi) is 9.02. The van der Waals surface area contributed by atoms with Crippen molar-refractivity contribution in [3.63, 3.8) is 0 Å². The lowest BCUT2D eigenvalue weighted by Gasteiger charge is -2.18. The molecule has 0 aliphatic heterocycles. The van der Waals surface area contributed by atoms with Crippen LogP contribution in [0.4, 0.5) is 10.2 Å². The summed E-state index contributed by atoms with van der Waals surface area (Å²) in [5, 5.41) is 2.79. The summed E-state index contributed by atoms with van der Waals surface area (Å²) in [6, 6.07) is 12.1. The van der Waals surface area contributed by atoms with E-state index >= 15 is 0 Å². The van der Waals surface area contributed by atoms with Crippen LogP contribution in [0.2, 0.25) is 0 Å². The van der Waals surface area contributed by atoms with Gasteiger partial charge in [0.1, 0.15) is 5.82 Å². The molecule has 1 atom stereocenters. The Bertz CT molecular complexity index is 1220. The molecule has 0 saturated heterocycles. The number of nitrogens with one attached hydrogen (secondary N) is 1. The Morgan fingerprint density at radius 2 is 1.77 bits per heavy atom. The van der Waals surface area contributed by atoms with Crippen molar-refractivity contribution < 1.29 is 22.3 Å². The SMILES string of the molecule is COCCN(C)Cc1cnc(NC(=O)C(Cc2ccc(F)cc2)c2ccc(S(C)(=O)=O)cc2)cn1. The van der Waals surface area contributed by atoms with Gasteiger partial charge in [0.15, 0.2) is 15.7 Å². The monoisotopic (exact) mass is 500 g/mol. The lowest BCUT2D eigenvalue weighted by molar-refractivity contribution is -0.117. The second kappa shape index (κ2) is 12.0. The zero-order valence-electron chi connectivity index (χ0n) is 19.9. The van der Waals surface area contributed by atoms with Gasteiger partial charge in [-0.25, -0.2) is 17.8 Å². The maximum atomic E-state index is 13.4. The highest BCUT2D eigenvalue weighted by atomic mass is 32.2. The van der Waals surface area contributed by atoms with Crippen molar-refractivity contribution in [1.29, 1.82) is 0 Å². The lowest BCUT2D eigenvalue weighted by atomic mass is 9.91. The number of hydrogen-bond donors (Lipinski definition) is 1. The summed E-state index contributed by atoms with van der Waals surface area (Å²) in [7, 11) is 0.230. The predicted molar refractivity (Wildman–Crippen MR) is 131 cm³/mol. The minimum atomic E-state index is -3.37. The molecule has 0 fully saturated rings. The second-order valence-corrected chi connectivity index (χ2v) is 10.4. The highest BCUT2D eigenvalue weighted by Crippen LogP contribution is 2.24. The van der Waals surface area contributed by atoms with Crippen LogP contribution in [0.15, 0.2) is 65.8 Å². The molecule has 0 saturated carbocycles. The maximum absolute atomic E-state index is 13.4. The number of hydrogen-bond acceptors (Lipinski definition) is 7. The van der Waals surface area contributed by atoms with Crippen LogP contribution in [0.5, 0.6) is 0 Å². The van der Waals surface area contributed by atoms with Gasteiger partial charge in [0.2, 0.25) is 5.91 Å². The van der Waals surface area contributed by atoms with Crippen molar-refractivity contribution in [2.75, 3.05) is 38.9 Å². The van der Waals surface area contributed by atoms with E-state index in [2.05, 4.69) is 15.3 Å². The van der Waals surface area contributed by atoms with Crippen molar-refractivity contribution in [2.45, 2.75) is 23.8 Å². The van der Waals surface area contributed by atoms with Gasteiger partial charge in [-0.15, -0.1) is 0 Å². The summed E-state index contributed by atoms with van der Waals surface area (Å²) >= 11 is 0. The number of aromatic nitrogens is 2. The number of ether oxygens (including phenoxy) is 1. The number of benzene rings is 2. The molecule has 0 spiro atoms. The third-order valence-corrected chi connectivity index (χ3v) is 6.57. The first-order valence-corrected chi connectivity index (χ1v) is 12.9. The van der Waals surface area contributed by atoms with E-state index < -0.39 is 15.8 Å². The van der Waals surface area contributed by atoms with Crippen LogP contribution in [0.25, 0.3) is 0 Å². The van der Waals surface area contributed by atoms with Crippen LogP contribution in [0.1, 0.15) is 22.7 Å². The maximum Gasteiger partial charge on any atom is 0.233 e. The van der Waals surface area contributed by atoms with E-state index in [1.165, 1.54) is 30.5 Å². The van der Waals surface area contributed by atoms with E-state index in [1.807, 2.05) is 11.9 Å². The third kappa shape index (κ3) is 7.91. The first-order chi connectivity index (χ1) is 16.7. The van der Waals surface area contributed by atoms with Crippen molar-refractivity contribution in [1.82, 2.24) is 14.9 Å². The zero-order valence-corrected chi connectivity index (χ0v) is 20.8. The molecular weight excluding hydrogens is 471 g/mol. The van der Waals surface area contributed by atoms with Gasteiger partial charge in [-0.1, -0.05) is 24.3 Å². The highest BCUT2D eigenvalue weighted by molar-refractivity contribution is 7.90. The molecule has 186 valence electrons. The fraction of sp³-hybridized carbons (Fsp3) is 0.320. The zero-order chi connectivity index (χ0) is 25.4. The van der Waals surface area contributed by atoms with Gasteiger partial charge in [-0.2, -0.15) is 0 Å². The number of sulfone groups is 1. The fourth-order valence-electron chi connectivity index (χ4n) is 3.48. The van der Waals surface area contributed by atoms with Gasteiger partial charge in [-0.3, -0.25) is 14.7 Å². The minimum absolute atomic E-state index is 0.166. The van der Waals surface area contributed by atoms with Crippen LogP contribution < -0.4 is 5.32 Å². The molecule has 1 aromatic heterocycles. The molecule has 1 N–H and O–H groups in total. The normalized spacial score (nSPS) is 12.5. The summed E-state index contributed by atoms with van der Waals surface area (Å²) in [5.74, 6) is -1.05. The van der Waals surface area contributed by atoms with Crippen molar-refractivity contribution in [3.8, 4) is 0 Å². The molecule has 0 radical (unpaired) electrons. The smallest absolute Gasteiger partial charge is 0.233 e. The molecule has 8 nitrogen and oxygen atoms in total. The van der Waals surface area contributed by atoms with Crippen LogP contribution in [-0.4, -0.2) is 62.8 Å². The molecule has 35 heavy (non-hydrogen) atoms. The van der Waals surface area contributed by atoms with Crippen molar-refractivity contribution >= 4 is 21.6 Å². The van der Waals surface area contributed by atoms with Gasteiger partial charge < -0.3 is 10.1 Å². The number of likely N-dealkylation sites (N-methyl/N-ethyl adjacent to an activating group) is 1. The quantitative estimate of drug-likeness (QED) is 0.432. The molecule has 3 rings (SSSR count). The molecular formula is C25H29FN4O4S. The van der Waals surface area contributed by atoms with Crippen LogP contribution in [0.3, 0.4) is 0 Å². The van der Waals surface area contributed by atoms with E-state index in [1.54, 1.807) is 37.6 Å². The molecule has 10 heteroatoms. The standard InChI is InChI=1S/C25H29FN4O4S/c1-30(12-13-34-2)17-21-15-28-24(16-27-21)29-25(31)23(14-18-4-8-20(26)9-5-18)19-6-10-22(11-7-19)35(3,32)33/h4-11,15-16,23H,12-14,17H2,1-3H3,(H,28,29,31). The highest BCUT2D eigenvalue weighted by Gasteiger charge is 2.23. The fourth-order valence-corrected chi connectivity index (χ4v) is 4.11. The van der Waals surface area contributed by atoms with Crippen molar-refractivity contribution in [3.05, 3.63) is 83.6 Å². The Morgan fingerprint density at radius 3 is 2.34 bits per heavy atom. The number of carbonyl (C=O) groups is 1. The van der Waals surface area contributed by atoms with E-state index in [4.69, 9.17) is 4.74 Å². The summed E-state index contributed by atoms with van der Waals surface area (Å²) in [5.41, 5.74) is 2.14. The first-order valence-electron chi connectivity index (χ1n) is 11.0. The van der Waals surface area contributed by atoms with E-state index in [0.29, 0.717) is 31.0 Å². The summed E-state index contributed by atoms with van der Waals surface area (Å²) in [6.07, 6.45) is 4.52. The average molecular weight is 501 g/mol. The number of halogens is 1. The Balaban J connectivity index is 1.78. The summed E-state index contributed by atoms with van der Waals surface area (Å²) < 4.78 is 42.1. The van der Waals surface area contributed by atoms with Crippen molar-refractivity contribution in [2.24, 2.45) is 0 Å². The Hall–Kier alpha value is -3.21. The molecule has 2 aromatic carbocycles. The molecule has 1 unspecified atom stereocenters. The first kappa shape index (κ1) is 26.4. The van der Waals surface area contributed by atoms with Gasteiger partial charge in [0.05, 0.1) is 35.5 Å². The topological polar surface area (TPSA) is 101 Å². The van der Waals surface area contributed by atoms with Gasteiger partial charge in [0, 0.05) is 26.5 Å². The number of rotatable bonds is 11. The minimum Gasteiger partial charge on any atom is -0.383 e. The third-order valence-electron chi connectivity index (χ3n) is 5.45. The van der Waals surface area contributed by atoms with E-state index in [-0.39, 0.29) is 16.6 Å². The second-order valence-electron chi connectivity index (χ2n) is 8.34. The molecule has 0 aliphatic rings. The predicted octanol–water partition coefficient (Wildman–Crippen LogP) is 3.06. The van der Waals surface area contributed by atoms with E-state index in [0.717, 1.165) is 24.1 Å².